The van der Waals surface area contributed by atoms with Gasteiger partial charge in [0.2, 0.25) is 0 Å². The summed E-state index contributed by atoms with van der Waals surface area (Å²) in [6, 6.07) is 3.84. The Morgan fingerprint density at radius 1 is 1.42 bits per heavy atom. The lowest BCUT2D eigenvalue weighted by atomic mass is 9.88. The van der Waals surface area contributed by atoms with Gasteiger partial charge in [0.05, 0.1) is 17.8 Å². The maximum Gasteiger partial charge on any atom is 0.408 e. The summed E-state index contributed by atoms with van der Waals surface area (Å²) in [6.07, 6.45) is 2.76. The second-order valence-corrected chi connectivity index (χ2v) is 7.24. The van der Waals surface area contributed by atoms with E-state index in [1.54, 1.807) is 13.3 Å². The number of methoxy groups -OCH3 is 1. The average Bonchev–Trinajstić information content (AvgIpc) is 2.47. The lowest BCUT2D eigenvalue weighted by Gasteiger charge is -2.42. The summed E-state index contributed by atoms with van der Waals surface area (Å²) in [7, 11) is 1.64. The molecule has 0 saturated carbocycles. The molecule has 1 amide bonds. The fraction of sp³-hybridized carbons (Fsp3) is 0.647. The first-order valence-corrected chi connectivity index (χ1v) is 8.20. The molecule has 1 aromatic heterocycles. The largest absolute Gasteiger partial charge is 0.444 e. The van der Waals surface area contributed by atoms with Crippen molar-refractivity contribution in [2.45, 2.75) is 44.8 Å². The summed E-state index contributed by atoms with van der Waals surface area (Å²) in [5, 5.41) is 3.02. The van der Waals surface area contributed by atoms with Crippen molar-refractivity contribution in [1.82, 2.24) is 10.3 Å². The van der Waals surface area contributed by atoms with Crippen LogP contribution < -0.4 is 16.0 Å². The number of nitrogen functional groups attached to an aromatic ring is 1. The zero-order chi connectivity index (χ0) is 17.8. The van der Waals surface area contributed by atoms with E-state index in [0.29, 0.717) is 12.4 Å². The number of carbonyl (C=O) groups is 1. The number of pyridine rings is 1. The predicted molar refractivity (Wildman–Crippen MR) is 94.1 cm³/mol. The maximum absolute atomic E-state index is 12.2. The molecule has 0 aromatic carbocycles. The molecule has 1 aliphatic heterocycles. The molecular weight excluding hydrogens is 308 g/mol. The standard InChI is InChI=1S/C17H28N4O3/c1-16(2,3)24-15(22)20-17(12-23-4)7-10-21(11-8-17)13-6-5-9-19-14(13)18/h5-6,9H,7-8,10-12H2,1-4H3,(H2,18,19)(H,20,22). The van der Waals surface area contributed by atoms with Gasteiger partial charge in [-0.15, -0.1) is 0 Å². The van der Waals surface area contributed by atoms with Crippen molar-refractivity contribution in [3.63, 3.8) is 0 Å². The quantitative estimate of drug-likeness (QED) is 0.876. The van der Waals surface area contributed by atoms with Gasteiger partial charge in [0.1, 0.15) is 11.4 Å². The van der Waals surface area contributed by atoms with Crippen LogP contribution in [0.3, 0.4) is 0 Å². The second-order valence-electron chi connectivity index (χ2n) is 7.24. The Hall–Kier alpha value is -2.02. The molecule has 0 atom stereocenters. The Bertz CT molecular complexity index is 563. The summed E-state index contributed by atoms with van der Waals surface area (Å²) in [5.41, 5.74) is 5.94. The lowest BCUT2D eigenvalue weighted by molar-refractivity contribution is 0.0313. The zero-order valence-electron chi connectivity index (χ0n) is 15.0. The lowest BCUT2D eigenvalue weighted by Crippen LogP contribution is -2.58. The third-order valence-corrected chi connectivity index (χ3v) is 4.06. The van der Waals surface area contributed by atoms with Crippen molar-refractivity contribution in [2.75, 3.05) is 37.4 Å². The number of amides is 1. The van der Waals surface area contributed by atoms with Crippen LogP contribution in [0.15, 0.2) is 18.3 Å². The molecule has 3 N–H and O–H groups in total. The fourth-order valence-corrected chi connectivity index (χ4v) is 2.95. The van der Waals surface area contributed by atoms with E-state index in [9.17, 15) is 4.79 Å². The van der Waals surface area contributed by atoms with E-state index in [-0.39, 0.29) is 0 Å². The molecule has 0 unspecified atom stereocenters. The van der Waals surface area contributed by atoms with E-state index in [1.807, 2.05) is 32.9 Å². The summed E-state index contributed by atoms with van der Waals surface area (Å²) in [5.74, 6) is 0.525. The van der Waals surface area contributed by atoms with Crippen LogP contribution in [0.2, 0.25) is 0 Å². The molecule has 0 bridgehead atoms. The number of carbonyl (C=O) groups excluding carboxylic acids is 1. The van der Waals surface area contributed by atoms with Crippen LogP contribution in [0.4, 0.5) is 16.3 Å². The van der Waals surface area contributed by atoms with Gasteiger partial charge in [-0.05, 0) is 45.7 Å². The highest BCUT2D eigenvalue weighted by Crippen LogP contribution is 2.29. The van der Waals surface area contributed by atoms with E-state index in [0.717, 1.165) is 31.6 Å². The number of hydrogen-bond donors (Lipinski definition) is 2. The number of piperidine rings is 1. The van der Waals surface area contributed by atoms with Gasteiger partial charge in [-0.1, -0.05) is 0 Å². The molecule has 1 aromatic rings. The monoisotopic (exact) mass is 336 g/mol. The third-order valence-electron chi connectivity index (χ3n) is 4.06. The topological polar surface area (TPSA) is 89.7 Å². The molecule has 7 nitrogen and oxygen atoms in total. The van der Waals surface area contributed by atoms with Crippen LogP contribution >= 0.6 is 0 Å². The van der Waals surface area contributed by atoms with E-state index < -0.39 is 17.2 Å². The van der Waals surface area contributed by atoms with Crippen LogP contribution in [-0.2, 0) is 9.47 Å². The predicted octanol–water partition coefficient (Wildman–Crippen LogP) is 2.17. The zero-order valence-corrected chi connectivity index (χ0v) is 15.0. The van der Waals surface area contributed by atoms with E-state index >= 15 is 0 Å². The van der Waals surface area contributed by atoms with Crippen molar-refractivity contribution in [3.8, 4) is 0 Å². The van der Waals surface area contributed by atoms with Gasteiger partial charge in [-0.3, -0.25) is 0 Å². The SMILES string of the molecule is COCC1(NC(=O)OC(C)(C)C)CCN(c2cccnc2N)CC1. The molecule has 1 saturated heterocycles. The maximum atomic E-state index is 12.2. The van der Waals surface area contributed by atoms with E-state index in [1.165, 1.54) is 0 Å². The second kappa shape index (κ2) is 7.25. The molecule has 0 aliphatic carbocycles. The van der Waals surface area contributed by atoms with Crippen molar-refractivity contribution in [1.29, 1.82) is 0 Å². The van der Waals surface area contributed by atoms with Gasteiger partial charge >= 0.3 is 6.09 Å². The van der Waals surface area contributed by atoms with Gasteiger partial charge < -0.3 is 25.4 Å². The van der Waals surface area contributed by atoms with E-state index in [4.69, 9.17) is 15.2 Å². The average molecular weight is 336 g/mol. The molecule has 7 heteroatoms. The number of alkyl carbamates (subject to hydrolysis) is 1. The van der Waals surface area contributed by atoms with Crippen molar-refractivity contribution in [3.05, 3.63) is 18.3 Å². The number of nitrogens with zero attached hydrogens (tertiary/aromatic N) is 2. The Balaban J connectivity index is 2.03. The first kappa shape index (κ1) is 18.3. The molecular formula is C17H28N4O3. The van der Waals surface area contributed by atoms with Crippen LogP contribution in [0, 0.1) is 0 Å². The Kier molecular flexibility index (Phi) is 5.54. The number of ether oxygens (including phenoxy) is 2. The van der Waals surface area contributed by atoms with Gasteiger partial charge in [-0.25, -0.2) is 9.78 Å². The summed E-state index contributed by atoms with van der Waals surface area (Å²) in [4.78, 5) is 18.5. The molecule has 0 spiro atoms. The fourth-order valence-electron chi connectivity index (χ4n) is 2.95. The van der Waals surface area contributed by atoms with Gasteiger partial charge in [0, 0.05) is 26.4 Å². The van der Waals surface area contributed by atoms with Crippen LogP contribution in [0.1, 0.15) is 33.6 Å². The van der Waals surface area contributed by atoms with Crippen LogP contribution in [0.25, 0.3) is 0 Å². The summed E-state index contributed by atoms with van der Waals surface area (Å²) >= 11 is 0. The molecule has 0 radical (unpaired) electrons. The molecule has 24 heavy (non-hydrogen) atoms. The van der Waals surface area contributed by atoms with Crippen molar-refractivity contribution in [2.24, 2.45) is 0 Å². The number of anilines is 2. The van der Waals surface area contributed by atoms with Gasteiger partial charge in [-0.2, -0.15) is 0 Å². The first-order valence-electron chi connectivity index (χ1n) is 8.20. The molecule has 1 fully saturated rings. The highest BCUT2D eigenvalue weighted by atomic mass is 16.6. The Morgan fingerprint density at radius 2 is 2.08 bits per heavy atom. The molecule has 2 rings (SSSR count). The van der Waals surface area contributed by atoms with E-state index in [2.05, 4.69) is 15.2 Å². The number of nitrogens with one attached hydrogen (secondary N) is 1. The minimum atomic E-state index is -0.525. The number of nitrogens with two attached hydrogens (primary N) is 1. The summed E-state index contributed by atoms with van der Waals surface area (Å²) in [6.45, 7) is 7.52. The summed E-state index contributed by atoms with van der Waals surface area (Å²) < 4.78 is 10.7. The Labute approximate surface area is 143 Å². The molecule has 134 valence electrons. The number of rotatable bonds is 4. The highest BCUT2D eigenvalue weighted by Gasteiger charge is 2.37. The minimum Gasteiger partial charge on any atom is -0.444 e. The highest BCUT2D eigenvalue weighted by molar-refractivity contribution is 5.69. The van der Waals surface area contributed by atoms with Crippen LogP contribution in [-0.4, -0.2) is 49.0 Å². The molecule has 1 aliphatic rings. The van der Waals surface area contributed by atoms with Crippen molar-refractivity contribution >= 4 is 17.6 Å². The smallest absolute Gasteiger partial charge is 0.408 e. The molecule has 2 heterocycles. The number of hydrogen-bond acceptors (Lipinski definition) is 6. The van der Waals surface area contributed by atoms with Crippen molar-refractivity contribution < 1.29 is 14.3 Å². The number of aromatic nitrogens is 1. The minimum absolute atomic E-state index is 0.408. The normalized spacial score (nSPS) is 17.4. The van der Waals surface area contributed by atoms with Crippen LogP contribution in [0.5, 0.6) is 0 Å². The Morgan fingerprint density at radius 3 is 2.62 bits per heavy atom. The third kappa shape index (κ3) is 4.74. The van der Waals surface area contributed by atoms with Gasteiger partial charge in [0.15, 0.2) is 0 Å². The van der Waals surface area contributed by atoms with Gasteiger partial charge in [0.25, 0.3) is 0 Å². The first-order chi connectivity index (χ1) is 11.2.